The van der Waals surface area contributed by atoms with Crippen LogP contribution in [0.25, 0.3) is 11.8 Å². The van der Waals surface area contributed by atoms with Crippen molar-refractivity contribution in [1.82, 2.24) is 9.47 Å². The highest BCUT2D eigenvalue weighted by Gasteiger charge is 2.33. The molecule has 1 amide bonds. The second-order valence-electron chi connectivity index (χ2n) is 5.92. The van der Waals surface area contributed by atoms with E-state index in [1.165, 1.54) is 0 Å². The zero-order valence-corrected chi connectivity index (χ0v) is 17.5. The molecule has 0 spiro atoms. The average Bonchev–Trinajstić information content (AvgIpc) is 3.00. The number of thioether (sulfide) groups is 1. The van der Waals surface area contributed by atoms with Crippen molar-refractivity contribution in [3.8, 4) is 5.69 Å². The Morgan fingerprint density at radius 1 is 1.30 bits per heavy atom. The van der Waals surface area contributed by atoms with Gasteiger partial charge in [-0.1, -0.05) is 47.2 Å². The summed E-state index contributed by atoms with van der Waals surface area (Å²) >= 11 is 18.7. The van der Waals surface area contributed by atoms with Gasteiger partial charge >= 0.3 is 5.97 Å². The van der Waals surface area contributed by atoms with Crippen LogP contribution in [0.3, 0.4) is 0 Å². The van der Waals surface area contributed by atoms with Crippen LogP contribution in [-0.2, 0) is 9.59 Å². The molecule has 2 aromatic rings. The number of thiocarbonyl (C=S) groups is 1. The summed E-state index contributed by atoms with van der Waals surface area (Å²) in [5.74, 6) is -1.51. The highest BCUT2D eigenvalue weighted by molar-refractivity contribution is 8.26. The van der Waals surface area contributed by atoms with Crippen LogP contribution in [0.15, 0.2) is 29.2 Å². The first-order valence-electron chi connectivity index (χ1n) is 7.80. The van der Waals surface area contributed by atoms with Gasteiger partial charge in [-0.05, 0) is 49.8 Å². The van der Waals surface area contributed by atoms with Gasteiger partial charge in [0.05, 0.1) is 15.6 Å². The van der Waals surface area contributed by atoms with E-state index in [1.54, 1.807) is 24.3 Å². The van der Waals surface area contributed by atoms with Gasteiger partial charge in [0, 0.05) is 16.4 Å². The summed E-state index contributed by atoms with van der Waals surface area (Å²) < 4.78 is 2.19. The van der Waals surface area contributed by atoms with Crippen molar-refractivity contribution in [1.29, 1.82) is 0 Å². The first kappa shape index (κ1) is 19.9. The molecule has 0 unspecified atom stereocenters. The van der Waals surface area contributed by atoms with Gasteiger partial charge in [0.15, 0.2) is 0 Å². The summed E-state index contributed by atoms with van der Waals surface area (Å²) in [6.07, 6.45) is 1.72. The smallest absolute Gasteiger partial charge is 0.323 e. The Labute approximate surface area is 175 Å². The number of halogens is 2. The molecule has 1 fully saturated rings. The van der Waals surface area contributed by atoms with E-state index in [0.717, 1.165) is 39.3 Å². The fourth-order valence-corrected chi connectivity index (χ4v) is 4.49. The molecule has 1 saturated heterocycles. The molecule has 9 heteroatoms. The second kappa shape index (κ2) is 7.67. The van der Waals surface area contributed by atoms with Crippen molar-refractivity contribution < 1.29 is 14.7 Å². The number of nitrogens with zero attached hydrogens (tertiary/aromatic N) is 2. The fraction of sp³-hybridized carbons (Fsp3) is 0.167. The Bertz CT molecular complexity index is 1010. The molecule has 1 aromatic carbocycles. The predicted octanol–water partition coefficient (Wildman–Crippen LogP) is 4.69. The number of hydrogen-bond donors (Lipinski definition) is 1. The zero-order valence-electron chi connectivity index (χ0n) is 14.3. The number of carboxylic acids is 1. The molecular formula is C18H14Cl2N2O3S2. The molecule has 0 saturated carbocycles. The normalized spacial score (nSPS) is 15.9. The van der Waals surface area contributed by atoms with E-state index in [1.807, 2.05) is 24.5 Å². The minimum Gasteiger partial charge on any atom is -0.480 e. The van der Waals surface area contributed by atoms with Crippen molar-refractivity contribution in [2.75, 3.05) is 6.54 Å². The minimum absolute atomic E-state index is 0.236. The number of carbonyl (C=O) groups is 2. The van der Waals surface area contributed by atoms with Gasteiger partial charge in [-0.3, -0.25) is 14.5 Å². The Hall–Kier alpha value is -1.80. The van der Waals surface area contributed by atoms with E-state index in [-0.39, 0.29) is 4.32 Å². The standard InChI is InChI=1S/C18H14Cl2N2O3S2/c1-9-5-11(6-15-17(25)21(8-16(23)24)18(26)27-15)10(2)22(9)14-7-12(19)3-4-13(14)20/h3-7H,8H2,1-2H3,(H,23,24)/b15-6-. The van der Waals surface area contributed by atoms with E-state index in [9.17, 15) is 9.59 Å². The van der Waals surface area contributed by atoms with Crippen LogP contribution < -0.4 is 0 Å². The molecule has 0 atom stereocenters. The van der Waals surface area contributed by atoms with Crippen molar-refractivity contribution in [3.63, 3.8) is 0 Å². The van der Waals surface area contributed by atoms with Crippen LogP contribution in [0.1, 0.15) is 17.0 Å². The SMILES string of the molecule is Cc1cc(/C=C2\SC(=S)N(CC(=O)O)C2=O)c(C)n1-c1cc(Cl)ccc1Cl. The molecule has 1 aliphatic heterocycles. The van der Waals surface area contributed by atoms with Crippen molar-refractivity contribution >= 4 is 69.5 Å². The summed E-state index contributed by atoms with van der Waals surface area (Å²) in [7, 11) is 0. The van der Waals surface area contributed by atoms with Gasteiger partial charge in [-0.25, -0.2) is 0 Å². The molecule has 3 rings (SSSR count). The first-order chi connectivity index (χ1) is 12.7. The molecule has 0 aliphatic carbocycles. The summed E-state index contributed by atoms with van der Waals surface area (Å²) in [5, 5.41) is 10.1. The highest BCUT2D eigenvalue weighted by atomic mass is 35.5. The average molecular weight is 441 g/mol. The monoisotopic (exact) mass is 440 g/mol. The fourth-order valence-electron chi connectivity index (χ4n) is 2.87. The lowest BCUT2D eigenvalue weighted by molar-refractivity contribution is -0.140. The molecule has 1 aromatic heterocycles. The highest BCUT2D eigenvalue weighted by Crippen LogP contribution is 2.35. The van der Waals surface area contributed by atoms with Gasteiger partial charge < -0.3 is 9.67 Å². The molecular weight excluding hydrogens is 427 g/mol. The Morgan fingerprint density at radius 2 is 2.00 bits per heavy atom. The third-order valence-corrected chi connectivity index (χ3v) is 6.01. The van der Waals surface area contributed by atoms with Crippen LogP contribution in [-0.4, -0.2) is 37.3 Å². The number of aliphatic carboxylic acids is 1. The van der Waals surface area contributed by atoms with E-state index < -0.39 is 18.4 Å². The summed E-state index contributed by atoms with van der Waals surface area (Å²) in [4.78, 5) is 24.9. The van der Waals surface area contributed by atoms with Crippen molar-refractivity contribution in [2.24, 2.45) is 0 Å². The van der Waals surface area contributed by atoms with E-state index in [4.69, 9.17) is 40.5 Å². The molecule has 5 nitrogen and oxygen atoms in total. The van der Waals surface area contributed by atoms with Crippen LogP contribution in [0.4, 0.5) is 0 Å². The number of aryl methyl sites for hydroxylation is 1. The maximum absolute atomic E-state index is 12.5. The Kier molecular flexibility index (Phi) is 5.67. The number of carboxylic acid groups (broad SMARTS) is 1. The van der Waals surface area contributed by atoms with Crippen molar-refractivity contribution in [3.05, 3.63) is 56.2 Å². The lowest BCUT2D eigenvalue weighted by Gasteiger charge is -2.12. The predicted molar refractivity (Wildman–Crippen MR) is 113 cm³/mol. The second-order valence-corrected chi connectivity index (χ2v) is 8.44. The quantitative estimate of drug-likeness (QED) is 0.551. The van der Waals surface area contributed by atoms with Crippen LogP contribution in [0.5, 0.6) is 0 Å². The third-order valence-electron chi connectivity index (χ3n) is 4.07. The maximum atomic E-state index is 12.5. The maximum Gasteiger partial charge on any atom is 0.323 e. The van der Waals surface area contributed by atoms with E-state index >= 15 is 0 Å². The lowest BCUT2D eigenvalue weighted by Crippen LogP contribution is -2.33. The van der Waals surface area contributed by atoms with Crippen LogP contribution in [0.2, 0.25) is 10.0 Å². The summed E-state index contributed by atoms with van der Waals surface area (Å²) in [6, 6.07) is 7.15. The van der Waals surface area contributed by atoms with E-state index in [2.05, 4.69) is 0 Å². The number of hydrogen-bond acceptors (Lipinski definition) is 4. The number of rotatable bonds is 4. The number of aromatic nitrogens is 1. The van der Waals surface area contributed by atoms with Crippen LogP contribution in [0, 0.1) is 13.8 Å². The van der Waals surface area contributed by atoms with E-state index in [0.29, 0.717) is 15.0 Å². The van der Waals surface area contributed by atoms with Gasteiger partial charge in [0.1, 0.15) is 10.9 Å². The molecule has 1 aliphatic rings. The minimum atomic E-state index is -1.11. The largest absolute Gasteiger partial charge is 0.480 e. The Balaban J connectivity index is 2.02. The molecule has 0 bridgehead atoms. The van der Waals surface area contributed by atoms with Gasteiger partial charge in [0.2, 0.25) is 0 Å². The molecule has 0 radical (unpaired) electrons. The Morgan fingerprint density at radius 3 is 2.67 bits per heavy atom. The van der Waals surface area contributed by atoms with Gasteiger partial charge in [-0.15, -0.1) is 0 Å². The summed E-state index contributed by atoms with van der Waals surface area (Å²) in [6.45, 7) is 3.39. The van der Waals surface area contributed by atoms with Gasteiger partial charge in [0.25, 0.3) is 5.91 Å². The van der Waals surface area contributed by atoms with Crippen LogP contribution >= 0.6 is 47.2 Å². The number of amides is 1. The zero-order chi connectivity index (χ0) is 19.9. The number of benzene rings is 1. The van der Waals surface area contributed by atoms with Crippen molar-refractivity contribution in [2.45, 2.75) is 13.8 Å². The first-order valence-corrected chi connectivity index (χ1v) is 9.78. The van der Waals surface area contributed by atoms with Gasteiger partial charge in [-0.2, -0.15) is 0 Å². The number of carbonyl (C=O) groups excluding carboxylic acids is 1. The molecule has 140 valence electrons. The third kappa shape index (κ3) is 3.91. The molecule has 2 heterocycles. The molecule has 27 heavy (non-hydrogen) atoms. The lowest BCUT2D eigenvalue weighted by atomic mass is 10.2. The molecule has 1 N–H and O–H groups in total. The summed E-state index contributed by atoms with van der Waals surface area (Å²) in [5.41, 5.74) is 3.36. The topological polar surface area (TPSA) is 62.5 Å².